The molecule has 0 unspecified atom stereocenters. The van der Waals surface area contributed by atoms with Crippen LogP contribution < -0.4 is 10.2 Å². The summed E-state index contributed by atoms with van der Waals surface area (Å²) in [5.74, 6) is 0. The lowest BCUT2D eigenvalue weighted by molar-refractivity contribution is 0.562. The summed E-state index contributed by atoms with van der Waals surface area (Å²) in [5, 5.41) is 4.83. The van der Waals surface area contributed by atoms with Crippen LogP contribution in [0.1, 0.15) is 0 Å². The van der Waals surface area contributed by atoms with E-state index in [-0.39, 0.29) is 0 Å². The van der Waals surface area contributed by atoms with Gasteiger partial charge in [-0.2, -0.15) is 0 Å². The van der Waals surface area contributed by atoms with Gasteiger partial charge in [0.15, 0.2) is 0 Å². The zero-order valence-electron chi connectivity index (χ0n) is 5.49. The van der Waals surface area contributed by atoms with Crippen molar-refractivity contribution in [2.75, 3.05) is 14.1 Å². The highest BCUT2D eigenvalue weighted by Gasteiger charge is 2.41. The second-order valence-electron chi connectivity index (χ2n) is 1.52. The first-order valence-electron chi connectivity index (χ1n) is 2.42. The molecule has 0 aliphatic heterocycles. The third-order valence-electron chi connectivity index (χ3n) is 0.987. The molecule has 0 rings (SSSR count). The van der Waals surface area contributed by atoms with Crippen molar-refractivity contribution in [1.82, 2.24) is 10.2 Å². The van der Waals surface area contributed by atoms with Gasteiger partial charge < -0.3 is 0 Å². The quantitative estimate of drug-likeness (QED) is 0.557. The van der Waals surface area contributed by atoms with Gasteiger partial charge in [0.05, 0.1) is 0 Å². The van der Waals surface area contributed by atoms with E-state index in [0.29, 0.717) is 0 Å². The normalized spacial score (nSPS) is 13.7. The fourth-order valence-electron chi connectivity index (χ4n) is 0.365. The Hall–Kier alpha value is 1.02. The van der Waals surface area contributed by atoms with Gasteiger partial charge in [0.25, 0.3) is 11.0 Å². The zero-order valence-corrected chi connectivity index (χ0v) is 8.65. The molecule has 0 aromatic carbocycles. The third kappa shape index (κ3) is 2.26. The highest BCUT2D eigenvalue weighted by Crippen LogP contribution is 2.58. The summed E-state index contributed by atoms with van der Waals surface area (Å²) in [5.41, 5.74) is 0. The third-order valence-corrected chi connectivity index (χ3v) is 5.10. The molecule has 0 aliphatic carbocycles. The maximum atomic E-state index is 11.4. The molecule has 0 atom stereocenters. The van der Waals surface area contributed by atoms with E-state index < -0.39 is 11.0 Å². The van der Waals surface area contributed by atoms with Gasteiger partial charge >= 0.3 is 0 Å². The Morgan fingerprint density at radius 3 is 1.50 bits per heavy atom. The maximum Gasteiger partial charge on any atom is 0.269 e. The van der Waals surface area contributed by atoms with Gasteiger partial charge in [-0.05, 0) is 14.1 Å². The summed E-state index contributed by atoms with van der Waals surface area (Å²) in [4.78, 5) is 0. The lowest BCUT2D eigenvalue weighted by Crippen LogP contribution is -2.25. The topological polar surface area (TPSA) is 41.1 Å². The standard InChI is InChI=1S/C3H8Cl3N2OP/c1-7-10(9,8-2)3(4,5)6/h1-2H3,(H2,7,8,9). The molecule has 0 radical (unpaired) electrons. The van der Waals surface area contributed by atoms with E-state index in [9.17, 15) is 4.57 Å². The Morgan fingerprint density at radius 1 is 1.20 bits per heavy atom. The van der Waals surface area contributed by atoms with Crippen molar-refractivity contribution in [2.24, 2.45) is 0 Å². The van der Waals surface area contributed by atoms with Crippen LogP contribution in [0.15, 0.2) is 0 Å². The van der Waals surface area contributed by atoms with E-state index in [1.54, 1.807) is 0 Å². The Balaban J connectivity index is 4.51. The molecular formula is C3H8Cl3N2OP. The minimum atomic E-state index is -3.07. The molecule has 0 aliphatic rings. The summed E-state index contributed by atoms with van der Waals surface area (Å²) >= 11 is 16.2. The first-order chi connectivity index (χ1) is 4.37. The van der Waals surface area contributed by atoms with Crippen LogP contribution in [0.5, 0.6) is 0 Å². The van der Waals surface area contributed by atoms with Crippen molar-refractivity contribution < 1.29 is 4.57 Å². The largest absolute Gasteiger partial charge is 0.285 e. The van der Waals surface area contributed by atoms with Crippen LogP contribution >= 0.6 is 42.2 Å². The van der Waals surface area contributed by atoms with E-state index in [1.165, 1.54) is 14.1 Å². The van der Waals surface area contributed by atoms with Gasteiger partial charge in [0.2, 0.25) is 0 Å². The molecule has 0 fully saturated rings. The number of hydrogen-bond acceptors (Lipinski definition) is 1. The number of alkyl halides is 3. The van der Waals surface area contributed by atoms with E-state index in [1.807, 2.05) is 0 Å². The molecule has 3 nitrogen and oxygen atoms in total. The first kappa shape index (κ1) is 11.0. The summed E-state index contributed by atoms with van der Waals surface area (Å²) < 4.78 is 9.56. The van der Waals surface area contributed by atoms with Gasteiger partial charge in [0.1, 0.15) is 0 Å². The Bertz CT molecular complexity index is 148. The zero-order chi connectivity index (χ0) is 8.41. The van der Waals surface area contributed by atoms with Crippen LogP contribution in [0.25, 0.3) is 0 Å². The SMILES string of the molecule is CNP(=O)(NC)C(Cl)(Cl)Cl. The molecule has 0 heterocycles. The summed E-state index contributed by atoms with van der Waals surface area (Å²) in [7, 11) is -0.154. The Labute approximate surface area is 74.9 Å². The van der Waals surface area contributed by atoms with Crippen LogP contribution in [0.4, 0.5) is 0 Å². The summed E-state index contributed by atoms with van der Waals surface area (Å²) in [6, 6.07) is 0. The van der Waals surface area contributed by atoms with Crippen molar-refractivity contribution in [2.45, 2.75) is 3.53 Å². The molecule has 0 aromatic rings. The van der Waals surface area contributed by atoms with Crippen LogP contribution in [0.3, 0.4) is 0 Å². The van der Waals surface area contributed by atoms with Crippen molar-refractivity contribution >= 4 is 42.2 Å². The fourth-order valence-corrected chi connectivity index (χ4v) is 2.62. The molecular weight excluding hydrogens is 217 g/mol. The molecule has 0 bridgehead atoms. The van der Waals surface area contributed by atoms with E-state index in [2.05, 4.69) is 10.2 Å². The molecule has 0 amide bonds. The molecule has 0 spiro atoms. The molecule has 7 heteroatoms. The minimum Gasteiger partial charge on any atom is -0.285 e. The average molecular weight is 225 g/mol. The molecule has 2 N–H and O–H groups in total. The van der Waals surface area contributed by atoms with E-state index >= 15 is 0 Å². The highest BCUT2D eigenvalue weighted by molar-refractivity contribution is 7.67. The summed E-state index contributed by atoms with van der Waals surface area (Å²) in [6.45, 7) is 0. The van der Waals surface area contributed by atoms with Crippen LogP contribution in [0, 0.1) is 0 Å². The smallest absolute Gasteiger partial charge is 0.269 e. The fraction of sp³-hybridized carbons (Fsp3) is 1.00. The lowest BCUT2D eigenvalue weighted by atomic mass is 11.6. The second kappa shape index (κ2) is 3.61. The maximum absolute atomic E-state index is 11.4. The number of halogens is 3. The number of hydrogen-bond donors (Lipinski definition) is 2. The van der Waals surface area contributed by atoms with Gasteiger partial charge in [-0.15, -0.1) is 0 Å². The van der Waals surface area contributed by atoms with E-state index in [0.717, 1.165) is 0 Å². The molecule has 0 saturated carbocycles. The lowest BCUT2D eigenvalue weighted by Gasteiger charge is -2.22. The first-order valence-corrected chi connectivity index (χ1v) is 5.26. The minimum absolute atomic E-state index is 1.46. The summed E-state index contributed by atoms with van der Waals surface area (Å²) in [6.07, 6.45) is 0. The van der Waals surface area contributed by atoms with Crippen molar-refractivity contribution in [1.29, 1.82) is 0 Å². The van der Waals surface area contributed by atoms with Crippen molar-refractivity contribution in [3.63, 3.8) is 0 Å². The van der Waals surface area contributed by atoms with Crippen LogP contribution in [-0.4, -0.2) is 17.6 Å². The Kier molecular flexibility index (Phi) is 3.98. The van der Waals surface area contributed by atoms with Gasteiger partial charge in [-0.3, -0.25) is 14.7 Å². The van der Waals surface area contributed by atoms with Gasteiger partial charge in [-0.25, -0.2) is 0 Å². The number of nitrogens with one attached hydrogen (secondary N) is 2. The van der Waals surface area contributed by atoms with Crippen LogP contribution in [0.2, 0.25) is 0 Å². The predicted molar refractivity (Wildman–Crippen MR) is 46.0 cm³/mol. The average Bonchev–Trinajstić information content (AvgIpc) is 1.84. The van der Waals surface area contributed by atoms with Crippen molar-refractivity contribution in [3.05, 3.63) is 0 Å². The Morgan fingerprint density at radius 2 is 1.50 bits per heavy atom. The molecule has 10 heavy (non-hydrogen) atoms. The predicted octanol–water partition coefficient (Wildman–Crippen LogP) is 1.95. The van der Waals surface area contributed by atoms with Crippen molar-refractivity contribution in [3.8, 4) is 0 Å². The number of rotatable bonds is 2. The molecule has 62 valence electrons. The van der Waals surface area contributed by atoms with Crippen LogP contribution in [-0.2, 0) is 4.57 Å². The monoisotopic (exact) mass is 224 g/mol. The van der Waals surface area contributed by atoms with Gasteiger partial charge in [-0.1, -0.05) is 34.8 Å². The van der Waals surface area contributed by atoms with Gasteiger partial charge in [0, 0.05) is 0 Å². The molecule has 0 aromatic heterocycles. The van der Waals surface area contributed by atoms with E-state index in [4.69, 9.17) is 34.8 Å². The second-order valence-corrected chi connectivity index (χ2v) is 7.38. The molecule has 0 saturated heterocycles. The highest BCUT2D eigenvalue weighted by atomic mass is 35.6.